The molecule has 0 aliphatic heterocycles. The molecule has 1 rings (SSSR count). The molecule has 0 saturated carbocycles. The minimum Gasteiger partial charge on any atom is -0.448 e. The third-order valence-electron chi connectivity index (χ3n) is 1.86. The molecule has 0 fully saturated rings. The monoisotopic (exact) mass is 188 g/mol. The Morgan fingerprint density at radius 2 is 2.17 bits per heavy atom. The molecule has 2 atom stereocenters. The molecule has 0 amide bonds. The topological polar surface area (TPSA) is 65.2 Å². The highest BCUT2D eigenvalue weighted by Crippen LogP contribution is 2.20. The third-order valence-corrected chi connectivity index (χ3v) is 2.06. The minimum atomic E-state index is -0.262. The first-order chi connectivity index (χ1) is 5.65. The Balaban J connectivity index is 2.70. The van der Waals surface area contributed by atoms with Crippen LogP contribution in [-0.4, -0.2) is 6.04 Å². The van der Waals surface area contributed by atoms with Crippen LogP contribution >= 0.6 is 11.6 Å². The average molecular weight is 189 g/mol. The zero-order valence-corrected chi connectivity index (χ0v) is 7.71. The van der Waals surface area contributed by atoms with E-state index in [4.69, 9.17) is 27.5 Å². The van der Waals surface area contributed by atoms with Crippen molar-refractivity contribution in [2.75, 3.05) is 0 Å². The van der Waals surface area contributed by atoms with Gasteiger partial charge < -0.3 is 15.9 Å². The van der Waals surface area contributed by atoms with Crippen LogP contribution < -0.4 is 11.5 Å². The van der Waals surface area contributed by atoms with Gasteiger partial charge >= 0.3 is 0 Å². The Bertz CT molecular complexity index is 249. The maximum Gasteiger partial charge on any atom is 0.193 e. The summed E-state index contributed by atoms with van der Waals surface area (Å²) in [5, 5.41) is 0.351. The van der Waals surface area contributed by atoms with Crippen LogP contribution in [0, 0.1) is 0 Å². The molecule has 68 valence electrons. The first-order valence-corrected chi connectivity index (χ1v) is 4.29. The van der Waals surface area contributed by atoms with Crippen LogP contribution in [0.5, 0.6) is 0 Å². The largest absolute Gasteiger partial charge is 0.448 e. The normalized spacial score (nSPS) is 16.0. The van der Waals surface area contributed by atoms with E-state index in [1.165, 1.54) is 0 Å². The van der Waals surface area contributed by atoms with Crippen LogP contribution in [0.15, 0.2) is 16.5 Å². The Kier molecular flexibility index (Phi) is 3.14. The number of rotatable bonds is 3. The SMILES string of the molecule is CC[C@H](N)[C@@H](N)c1ccc(Cl)o1. The van der Waals surface area contributed by atoms with Crippen LogP contribution in [0.2, 0.25) is 5.22 Å². The summed E-state index contributed by atoms with van der Waals surface area (Å²) in [7, 11) is 0. The van der Waals surface area contributed by atoms with E-state index in [1.54, 1.807) is 12.1 Å². The van der Waals surface area contributed by atoms with Gasteiger partial charge in [-0.3, -0.25) is 0 Å². The van der Waals surface area contributed by atoms with Crippen molar-refractivity contribution >= 4 is 11.6 Å². The summed E-state index contributed by atoms with van der Waals surface area (Å²) in [6.07, 6.45) is 0.819. The molecule has 0 aromatic carbocycles. The molecule has 0 aliphatic rings. The number of hydrogen-bond donors (Lipinski definition) is 2. The maximum absolute atomic E-state index is 5.78. The zero-order valence-electron chi connectivity index (χ0n) is 6.96. The summed E-state index contributed by atoms with van der Waals surface area (Å²) in [5.41, 5.74) is 11.5. The highest BCUT2D eigenvalue weighted by atomic mass is 35.5. The molecule has 0 spiro atoms. The van der Waals surface area contributed by atoms with Gasteiger partial charge in [0.05, 0.1) is 6.04 Å². The Labute approximate surface area is 76.7 Å². The molecule has 0 unspecified atom stereocenters. The van der Waals surface area contributed by atoms with E-state index in [9.17, 15) is 0 Å². The highest BCUT2D eigenvalue weighted by molar-refractivity contribution is 6.28. The summed E-state index contributed by atoms with van der Waals surface area (Å²) in [5.74, 6) is 0.648. The van der Waals surface area contributed by atoms with Crippen LogP contribution in [0.1, 0.15) is 25.1 Å². The first kappa shape index (κ1) is 9.58. The Morgan fingerprint density at radius 1 is 1.50 bits per heavy atom. The van der Waals surface area contributed by atoms with Crippen molar-refractivity contribution < 1.29 is 4.42 Å². The molecule has 0 aliphatic carbocycles. The molecular formula is C8H13ClN2O. The number of furan rings is 1. The summed E-state index contributed by atoms with van der Waals surface area (Å²) in [4.78, 5) is 0. The predicted molar refractivity (Wildman–Crippen MR) is 48.9 cm³/mol. The van der Waals surface area contributed by atoms with Gasteiger partial charge in [-0.25, -0.2) is 0 Å². The molecule has 1 aromatic rings. The van der Waals surface area contributed by atoms with Gasteiger partial charge in [0.1, 0.15) is 5.76 Å². The van der Waals surface area contributed by atoms with E-state index in [0.29, 0.717) is 11.0 Å². The predicted octanol–water partition coefficient (Wildman–Crippen LogP) is 1.67. The molecule has 1 aromatic heterocycles. The van der Waals surface area contributed by atoms with Crippen LogP contribution in [0.25, 0.3) is 0 Å². The van der Waals surface area contributed by atoms with Gasteiger partial charge in [-0.2, -0.15) is 0 Å². The van der Waals surface area contributed by atoms with Gasteiger partial charge in [0.2, 0.25) is 0 Å². The lowest BCUT2D eigenvalue weighted by atomic mass is 10.1. The average Bonchev–Trinajstić information content (AvgIpc) is 2.49. The number of hydrogen-bond acceptors (Lipinski definition) is 3. The van der Waals surface area contributed by atoms with Crippen LogP contribution in [0.4, 0.5) is 0 Å². The summed E-state index contributed by atoms with van der Waals surface area (Å²) < 4.78 is 5.13. The van der Waals surface area contributed by atoms with Gasteiger partial charge in [0.15, 0.2) is 5.22 Å². The van der Waals surface area contributed by atoms with Gasteiger partial charge in [-0.15, -0.1) is 0 Å². The first-order valence-electron chi connectivity index (χ1n) is 3.91. The van der Waals surface area contributed by atoms with E-state index in [1.807, 2.05) is 6.92 Å². The van der Waals surface area contributed by atoms with Crippen molar-refractivity contribution in [3.8, 4) is 0 Å². The van der Waals surface area contributed by atoms with E-state index in [2.05, 4.69) is 0 Å². The maximum atomic E-state index is 5.78. The van der Waals surface area contributed by atoms with Crippen molar-refractivity contribution in [2.45, 2.75) is 25.4 Å². The van der Waals surface area contributed by atoms with Crippen molar-refractivity contribution in [1.29, 1.82) is 0 Å². The standard InChI is InChI=1S/C8H13ClN2O/c1-2-5(10)8(11)6-3-4-7(9)12-6/h3-5,8H,2,10-11H2,1H3/t5-,8+/m0/s1. The fourth-order valence-electron chi connectivity index (χ4n) is 0.972. The van der Waals surface area contributed by atoms with Gasteiger partial charge in [-0.1, -0.05) is 6.92 Å². The van der Waals surface area contributed by atoms with Crippen molar-refractivity contribution in [2.24, 2.45) is 11.5 Å². The molecule has 4 N–H and O–H groups in total. The quantitative estimate of drug-likeness (QED) is 0.759. The minimum absolute atomic E-state index is 0.0767. The number of nitrogens with two attached hydrogens (primary N) is 2. The molecule has 1 heterocycles. The molecule has 4 heteroatoms. The van der Waals surface area contributed by atoms with E-state index in [-0.39, 0.29) is 12.1 Å². The van der Waals surface area contributed by atoms with E-state index < -0.39 is 0 Å². The van der Waals surface area contributed by atoms with Crippen LogP contribution in [0.3, 0.4) is 0 Å². The second-order valence-corrected chi connectivity index (χ2v) is 3.11. The van der Waals surface area contributed by atoms with Gasteiger partial charge in [0, 0.05) is 6.04 Å². The molecular weight excluding hydrogens is 176 g/mol. The summed E-state index contributed by atoms with van der Waals surface area (Å²) in [6.45, 7) is 1.98. The lowest BCUT2D eigenvalue weighted by Gasteiger charge is -2.15. The second-order valence-electron chi connectivity index (χ2n) is 2.74. The lowest BCUT2D eigenvalue weighted by Crippen LogP contribution is -2.33. The van der Waals surface area contributed by atoms with E-state index in [0.717, 1.165) is 6.42 Å². The Morgan fingerprint density at radius 3 is 2.58 bits per heavy atom. The van der Waals surface area contributed by atoms with Crippen molar-refractivity contribution in [3.05, 3.63) is 23.1 Å². The summed E-state index contributed by atoms with van der Waals surface area (Å²) >= 11 is 5.59. The molecule has 0 radical (unpaired) electrons. The van der Waals surface area contributed by atoms with Gasteiger partial charge in [0.25, 0.3) is 0 Å². The lowest BCUT2D eigenvalue weighted by molar-refractivity contribution is 0.418. The fourth-order valence-corrected chi connectivity index (χ4v) is 1.12. The fraction of sp³-hybridized carbons (Fsp3) is 0.500. The smallest absolute Gasteiger partial charge is 0.193 e. The van der Waals surface area contributed by atoms with Gasteiger partial charge in [-0.05, 0) is 30.2 Å². The molecule has 12 heavy (non-hydrogen) atoms. The zero-order chi connectivity index (χ0) is 9.14. The van der Waals surface area contributed by atoms with E-state index >= 15 is 0 Å². The highest BCUT2D eigenvalue weighted by Gasteiger charge is 2.16. The molecule has 0 bridgehead atoms. The Hall–Kier alpha value is -0.510. The third kappa shape index (κ3) is 2.00. The summed E-state index contributed by atoms with van der Waals surface area (Å²) in [6, 6.07) is 3.08. The van der Waals surface area contributed by atoms with Crippen molar-refractivity contribution in [1.82, 2.24) is 0 Å². The van der Waals surface area contributed by atoms with Crippen LogP contribution in [-0.2, 0) is 0 Å². The molecule has 3 nitrogen and oxygen atoms in total. The van der Waals surface area contributed by atoms with Crippen molar-refractivity contribution in [3.63, 3.8) is 0 Å². The number of halogens is 1. The second kappa shape index (κ2) is 3.94. The molecule has 0 saturated heterocycles.